The van der Waals surface area contributed by atoms with Crippen LogP contribution in [0, 0.1) is 0 Å². The predicted molar refractivity (Wildman–Crippen MR) is 50.5 cm³/mol. The molecule has 4 nitrogen and oxygen atoms in total. The molecule has 1 rings (SSSR count). The zero-order valence-corrected chi connectivity index (χ0v) is 8.43. The zero-order valence-electron chi connectivity index (χ0n) is 7.61. The van der Waals surface area contributed by atoms with Gasteiger partial charge >= 0.3 is 5.97 Å². The summed E-state index contributed by atoms with van der Waals surface area (Å²) in [6.07, 6.45) is 1.67. The molecule has 0 aromatic carbocycles. The molecule has 1 atom stereocenters. The molecule has 1 heterocycles. The fourth-order valence-corrected chi connectivity index (χ4v) is 1.67. The van der Waals surface area contributed by atoms with Crippen molar-refractivity contribution in [2.45, 2.75) is 13.0 Å². The first kappa shape index (κ1) is 10.1. The molecule has 72 valence electrons. The summed E-state index contributed by atoms with van der Waals surface area (Å²) < 4.78 is 4.65. The van der Waals surface area contributed by atoms with Gasteiger partial charge in [0.15, 0.2) is 6.04 Å². The lowest BCUT2D eigenvalue weighted by atomic mass is 10.3. The van der Waals surface area contributed by atoms with E-state index in [0.717, 1.165) is 5.01 Å². The van der Waals surface area contributed by atoms with E-state index >= 15 is 0 Å². The van der Waals surface area contributed by atoms with Gasteiger partial charge in [0.1, 0.15) is 5.01 Å². The smallest absolute Gasteiger partial charge is 0.330 e. The number of nitrogens with one attached hydrogen (secondary N) is 1. The minimum absolute atomic E-state index is 0.295. The highest BCUT2D eigenvalue weighted by molar-refractivity contribution is 7.09. The van der Waals surface area contributed by atoms with Crippen LogP contribution < -0.4 is 5.32 Å². The Bertz CT molecular complexity index is 261. The Kier molecular flexibility index (Phi) is 3.85. The number of esters is 1. The summed E-state index contributed by atoms with van der Waals surface area (Å²) in [5, 5.41) is 5.59. The van der Waals surface area contributed by atoms with Gasteiger partial charge in [-0.15, -0.1) is 11.3 Å². The van der Waals surface area contributed by atoms with Gasteiger partial charge in [-0.2, -0.15) is 0 Å². The van der Waals surface area contributed by atoms with Crippen LogP contribution in [-0.4, -0.2) is 24.6 Å². The van der Waals surface area contributed by atoms with E-state index in [4.69, 9.17) is 0 Å². The molecule has 1 aromatic heterocycles. The second-order valence-corrected chi connectivity index (χ2v) is 3.31. The van der Waals surface area contributed by atoms with E-state index < -0.39 is 6.04 Å². The van der Waals surface area contributed by atoms with E-state index in [0.29, 0.717) is 6.54 Å². The molecular formula is C8H12N2O2S. The van der Waals surface area contributed by atoms with Crippen LogP contribution >= 0.6 is 11.3 Å². The summed E-state index contributed by atoms with van der Waals surface area (Å²) in [6.45, 7) is 2.64. The van der Waals surface area contributed by atoms with Crippen molar-refractivity contribution in [3.63, 3.8) is 0 Å². The molecule has 0 bridgehead atoms. The number of likely N-dealkylation sites (N-methyl/N-ethyl adjacent to an activating group) is 1. The Hall–Kier alpha value is -0.940. The largest absolute Gasteiger partial charge is 0.468 e. The lowest BCUT2D eigenvalue weighted by Crippen LogP contribution is -2.29. The topological polar surface area (TPSA) is 51.2 Å². The van der Waals surface area contributed by atoms with Crippen LogP contribution in [0.1, 0.15) is 18.0 Å². The molecule has 5 heteroatoms. The first-order chi connectivity index (χ1) is 6.29. The zero-order chi connectivity index (χ0) is 9.68. The van der Waals surface area contributed by atoms with Gasteiger partial charge < -0.3 is 4.74 Å². The van der Waals surface area contributed by atoms with Gasteiger partial charge in [0.05, 0.1) is 7.11 Å². The Morgan fingerprint density at radius 1 is 1.85 bits per heavy atom. The van der Waals surface area contributed by atoms with Gasteiger partial charge in [0.2, 0.25) is 0 Å². The van der Waals surface area contributed by atoms with Gasteiger partial charge in [0, 0.05) is 11.6 Å². The van der Waals surface area contributed by atoms with Crippen molar-refractivity contribution in [2.75, 3.05) is 13.7 Å². The van der Waals surface area contributed by atoms with Crippen LogP contribution in [0.15, 0.2) is 11.6 Å². The number of methoxy groups -OCH3 is 1. The van der Waals surface area contributed by atoms with Crippen molar-refractivity contribution < 1.29 is 9.53 Å². The highest BCUT2D eigenvalue weighted by atomic mass is 32.1. The second kappa shape index (κ2) is 4.94. The minimum Gasteiger partial charge on any atom is -0.468 e. The monoisotopic (exact) mass is 200 g/mol. The number of thiazole rings is 1. The first-order valence-electron chi connectivity index (χ1n) is 4.00. The maximum atomic E-state index is 11.3. The molecule has 0 aliphatic carbocycles. The van der Waals surface area contributed by atoms with E-state index in [1.54, 1.807) is 6.20 Å². The summed E-state index contributed by atoms with van der Waals surface area (Å²) >= 11 is 1.44. The van der Waals surface area contributed by atoms with Crippen LogP contribution in [0.4, 0.5) is 0 Å². The number of rotatable bonds is 4. The van der Waals surface area contributed by atoms with Crippen molar-refractivity contribution in [1.82, 2.24) is 10.3 Å². The number of hydrogen-bond donors (Lipinski definition) is 1. The third-order valence-corrected chi connectivity index (χ3v) is 2.38. The lowest BCUT2D eigenvalue weighted by molar-refractivity contribution is -0.143. The van der Waals surface area contributed by atoms with Crippen LogP contribution in [0.25, 0.3) is 0 Å². The van der Waals surface area contributed by atoms with Crippen molar-refractivity contribution in [2.24, 2.45) is 0 Å². The molecule has 1 N–H and O–H groups in total. The van der Waals surface area contributed by atoms with Crippen molar-refractivity contribution >= 4 is 17.3 Å². The summed E-state index contributed by atoms with van der Waals surface area (Å²) in [7, 11) is 1.38. The third kappa shape index (κ3) is 2.50. The van der Waals surface area contributed by atoms with Crippen LogP contribution in [0.3, 0.4) is 0 Å². The van der Waals surface area contributed by atoms with Gasteiger partial charge in [-0.25, -0.2) is 9.78 Å². The highest BCUT2D eigenvalue weighted by Crippen LogP contribution is 2.16. The fraction of sp³-hybridized carbons (Fsp3) is 0.500. The fourth-order valence-electron chi connectivity index (χ4n) is 0.970. The van der Waals surface area contributed by atoms with Gasteiger partial charge in [0.25, 0.3) is 0 Å². The number of carbonyl (C=O) groups excluding carboxylic acids is 1. The molecule has 0 fully saturated rings. The van der Waals surface area contributed by atoms with Crippen LogP contribution in [0.5, 0.6) is 0 Å². The highest BCUT2D eigenvalue weighted by Gasteiger charge is 2.22. The Balaban J connectivity index is 2.74. The third-order valence-electron chi connectivity index (χ3n) is 1.54. The molecule has 0 saturated heterocycles. The van der Waals surface area contributed by atoms with E-state index in [2.05, 4.69) is 15.0 Å². The molecule has 0 aliphatic rings. The normalized spacial score (nSPS) is 12.5. The van der Waals surface area contributed by atoms with Gasteiger partial charge in [-0.3, -0.25) is 5.32 Å². The lowest BCUT2D eigenvalue weighted by Gasteiger charge is -2.11. The Morgan fingerprint density at radius 3 is 3.08 bits per heavy atom. The summed E-state index contributed by atoms with van der Waals surface area (Å²) in [5.74, 6) is -0.295. The second-order valence-electron chi connectivity index (χ2n) is 2.38. The predicted octanol–water partition coefficient (Wildman–Crippen LogP) is 0.967. The number of ether oxygens (including phenoxy) is 1. The van der Waals surface area contributed by atoms with E-state index in [1.165, 1.54) is 18.4 Å². The van der Waals surface area contributed by atoms with Crippen molar-refractivity contribution in [3.05, 3.63) is 16.6 Å². The molecule has 13 heavy (non-hydrogen) atoms. The Morgan fingerprint density at radius 2 is 2.62 bits per heavy atom. The van der Waals surface area contributed by atoms with Gasteiger partial charge in [-0.05, 0) is 6.54 Å². The molecule has 0 amide bonds. The van der Waals surface area contributed by atoms with E-state index in [1.807, 2.05) is 12.3 Å². The van der Waals surface area contributed by atoms with E-state index in [9.17, 15) is 4.79 Å². The molecule has 1 aromatic rings. The van der Waals surface area contributed by atoms with Crippen molar-refractivity contribution in [3.8, 4) is 0 Å². The van der Waals surface area contributed by atoms with Gasteiger partial charge in [-0.1, -0.05) is 6.92 Å². The molecule has 0 radical (unpaired) electrons. The SMILES string of the molecule is CCNC(C(=O)OC)c1nccs1. The molecule has 0 spiro atoms. The van der Waals surface area contributed by atoms with Crippen LogP contribution in [-0.2, 0) is 9.53 Å². The Labute approximate surface area is 80.9 Å². The minimum atomic E-state index is -0.421. The maximum absolute atomic E-state index is 11.3. The van der Waals surface area contributed by atoms with Crippen molar-refractivity contribution in [1.29, 1.82) is 0 Å². The number of nitrogens with zero attached hydrogens (tertiary/aromatic N) is 1. The molecule has 0 aliphatic heterocycles. The quantitative estimate of drug-likeness (QED) is 0.736. The average Bonchev–Trinajstić information content (AvgIpc) is 2.65. The van der Waals surface area contributed by atoms with E-state index in [-0.39, 0.29) is 5.97 Å². The van der Waals surface area contributed by atoms with Crippen LogP contribution in [0.2, 0.25) is 0 Å². The summed E-state index contributed by atoms with van der Waals surface area (Å²) in [6, 6.07) is -0.421. The molecular weight excluding hydrogens is 188 g/mol. The number of hydrogen-bond acceptors (Lipinski definition) is 5. The first-order valence-corrected chi connectivity index (χ1v) is 4.88. The maximum Gasteiger partial charge on any atom is 0.330 e. The standard InChI is InChI=1S/C8H12N2O2S/c1-3-9-6(8(11)12-2)7-10-4-5-13-7/h4-6,9H,3H2,1-2H3. The molecule has 0 saturated carbocycles. The number of carbonyl (C=O) groups is 1. The average molecular weight is 200 g/mol. The summed E-state index contributed by atoms with van der Waals surface area (Å²) in [5.41, 5.74) is 0. The molecule has 1 unspecified atom stereocenters. The summed E-state index contributed by atoms with van der Waals surface area (Å²) in [4.78, 5) is 15.3. The number of aromatic nitrogens is 1.